The van der Waals surface area contributed by atoms with Crippen LogP contribution in [-0.2, 0) is 11.7 Å². The van der Waals surface area contributed by atoms with Gasteiger partial charge in [-0.3, -0.25) is 4.98 Å². The molecule has 1 saturated carbocycles. The van der Waals surface area contributed by atoms with Gasteiger partial charge in [0.15, 0.2) is 0 Å². The van der Waals surface area contributed by atoms with Gasteiger partial charge in [-0.2, -0.15) is 13.2 Å². The number of aromatic nitrogens is 1. The minimum absolute atomic E-state index is 0.208. The molecule has 1 aliphatic rings. The van der Waals surface area contributed by atoms with Crippen LogP contribution in [0.2, 0.25) is 0 Å². The van der Waals surface area contributed by atoms with Crippen LogP contribution in [0.4, 0.5) is 22.0 Å². The van der Waals surface area contributed by atoms with E-state index in [4.69, 9.17) is 5.73 Å². The van der Waals surface area contributed by atoms with Crippen molar-refractivity contribution in [2.45, 2.75) is 43.3 Å². The molecular weight excluding hydrogens is 267 g/mol. The van der Waals surface area contributed by atoms with E-state index in [0.717, 1.165) is 12.1 Å². The van der Waals surface area contributed by atoms with Crippen LogP contribution in [0.15, 0.2) is 18.3 Å². The fourth-order valence-electron chi connectivity index (χ4n) is 2.33. The number of pyridine rings is 1. The average molecular weight is 280 g/mol. The van der Waals surface area contributed by atoms with Gasteiger partial charge >= 0.3 is 6.18 Å². The number of hydrogen-bond acceptors (Lipinski definition) is 2. The van der Waals surface area contributed by atoms with Crippen LogP contribution in [0.25, 0.3) is 0 Å². The zero-order valence-electron chi connectivity index (χ0n) is 9.97. The van der Waals surface area contributed by atoms with Gasteiger partial charge in [0.2, 0.25) is 5.92 Å². The highest BCUT2D eigenvalue weighted by molar-refractivity contribution is 5.30. The van der Waals surface area contributed by atoms with Crippen molar-refractivity contribution in [1.82, 2.24) is 4.98 Å². The Labute approximate surface area is 106 Å². The van der Waals surface area contributed by atoms with E-state index in [1.165, 1.54) is 6.20 Å². The highest BCUT2D eigenvalue weighted by Crippen LogP contribution is 2.44. The second-order valence-electron chi connectivity index (χ2n) is 4.91. The summed E-state index contributed by atoms with van der Waals surface area (Å²) in [7, 11) is 0. The van der Waals surface area contributed by atoms with E-state index in [1.807, 2.05) is 0 Å². The molecule has 106 valence electrons. The van der Waals surface area contributed by atoms with E-state index >= 15 is 0 Å². The van der Waals surface area contributed by atoms with Crippen LogP contribution in [0.3, 0.4) is 0 Å². The summed E-state index contributed by atoms with van der Waals surface area (Å²) in [5.74, 6) is -2.85. The largest absolute Gasteiger partial charge is 0.418 e. The SMILES string of the molecule is NC1(c2ncccc2C(F)(F)F)CCC(F)(F)CC1. The summed E-state index contributed by atoms with van der Waals surface area (Å²) >= 11 is 0. The fourth-order valence-corrected chi connectivity index (χ4v) is 2.33. The van der Waals surface area contributed by atoms with Crippen molar-refractivity contribution < 1.29 is 22.0 Å². The number of rotatable bonds is 1. The summed E-state index contributed by atoms with van der Waals surface area (Å²) < 4.78 is 64.8. The maximum Gasteiger partial charge on any atom is 0.418 e. The third kappa shape index (κ3) is 2.86. The molecule has 2 nitrogen and oxygen atoms in total. The molecular formula is C12H13F5N2. The Hall–Kier alpha value is -1.24. The lowest BCUT2D eigenvalue weighted by Gasteiger charge is -2.37. The summed E-state index contributed by atoms with van der Waals surface area (Å²) in [6.45, 7) is 0. The molecule has 7 heteroatoms. The van der Waals surface area contributed by atoms with Crippen molar-refractivity contribution in [1.29, 1.82) is 0 Å². The first-order valence-electron chi connectivity index (χ1n) is 5.83. The van der Waals surface area contributed by atoms with E-state index in [1.54, 1.807) is 0 Å². The van der Waals surface area contributed by atoms with Crippen LogP contribution in [0, 0.1) is 0 Å². The van der Waals surface area contributed by atoms with Crippen LogP contribution in [0.1, 0.15) is 36.9 Å². The molecule has 2 rings (SSSR count). The van der Waals surface area contributed by atoms with Crippen molar-refractivity contribution in [2.75, 3.05) is 0 Å². The quantitative estimate of drug-likeness (QED) is 0.800. The van der Waals surface area contributed by atoms with E-state index in [0.29, 0.717) is 0 Å². The van der Waals surface area contributed by atoms with Gasteiger partial charge in [-0.15, -0.1) is 0 Å². The van der Waals surface area contributed by atoms with Gasteiger partial charge in [0, 0.05) is 19.0 Å². The number of alkyl halides is 5. The summed E-state index contributed by atoms with van der Waals surface area (Å²) in [6, 6.07) is 2.04. The minimum atomic E-state index is -4.59. The van der Waals surface area contributed by atoms with Crippen molar-refractivity contribution in [3.05, 3.63) is 29.6 Å². The number of nitrogens with two attached hydrogens (primary N) is 1. The summed E-state index contributed by atoms with van der Waals surface area (Å²) in [5, 5.41) is 0. The van der Waals surface area contributed by atoms with E-state index < -0.39 is 36.0 Å². The van der Waals surface area contributed by atoms with Gasteiger partial charge in [0.05, 0.1) is 16.8 Å². The topological polar surface area (TPSA) is 38.9 Å². The smallest absolute Gasteiger partial charge is 0.320 e. The average Bonchev–Trinajstić information content (AvgIpc) is 2.32. The summed E-state index contributed by atoms with van der Waals surface area (Å²) in [5.41, 5.74) is 3.19. The Kier molecular flexibility index (Phi) is 3.28. The van der Waals surface area contributed by atoms with Crippen molar-refractivity contribution in [3.8, 4) is 0 Å². The van der Waals surface area contributed by atoms with Gasteiger partial charge < -0.3 is 5.73 Å². The molecule has 0 aliphatic heterocycles. The van der Waals surface area contributed by atoms with Crippen LogP contribution in [0.5, 0.6) is 0 Å². The van der Waals surface area contributed by atoms with E-state index in [-0.39, 0.29) is 18.5 Å². The zero-order valence-corrected chi connectivity index (χ0v) is 9.97. The molecule has 0 unspecified atom stereocenters. The Bertz CT molecular complexity index is 459. The fraction of sp³-hybridized carbons (Fsp3) is 0.583. The van der Waals surface area contributed by atoms with Gasteiger partial charge in [-0.1, -0.05) is 0 Å². The molecule has 1 aromatic rings. The molecule has 19 heavy (non-hydrogen) atoms. The number of halogens is 5. The van der Waals surface area contributed by atoms with Crippen molar-refractivity contribution in [3.63, 3.8) is 0 Å². The number of hydrogen-bond donors (Lipinski definition) is 1. The molecule has 1 heterocycles. The van der Waals surface area contributed by atoms with E-state index in [2.05, 4.69) is 4.98 Å². The zero-order chi connectivity index (χ0) is 14.3. The Morgan fingerprint density at radius 1 is 1.11 bits per heavy atom. The van der Waals surface area contributed by atoms with Crippen LogP contribution < -0.4 is 5.73 Å². The molecule has 0 radical (unpaired) electrons. The molecule has 0 spiro atoms. The highest BCUT2D eigenvalue weighted by Gasteiger charge is 2.46. The van der Waals surface area contributed by atoms with Crippen molar-refractivity contribution >= 4 is 0 Å². The molecule has 0 saturated heterocycles. The molecule has 0 bridgehead atoms. The van der Waals surface area contributed by atoms with Gasteiger partial charge in [0.25, 0.3) is 0 Å². The van der Waals surface area contributed by atoms with E-state index in [9.17, 15) is 22.0 Å². The molecule has 1 fully saturated rings. The molecule has 0 aromatic carbocycles. The lowest BCUT2D eigenvalue weighted by molar-refractivity contribution is -0.139. The Balaban J connectivity index is 2.37. The first-order valence-corrected chi connectivity index (χ1v) is 5.83. The first-order chi connectivity index (χ1) is 8.64. The molecule has 0 amide bonds. The summed E-state index contributed by atoms with van der Waals surface area (Å²) in [4.78, 5) is 3.70. The Morgan fingerprint density at radius 3 is 2.21 bits per heavy atom. The lowest BCUT2D eigenvalue weighted by Crippen LogP contribution is -2.45. The highest BCUT2D eigenvalue weighted by atomic mass is 19.4. The van der Waals surface area contributed by atoms with Gasteiger partial charge in [-0.05, 0) is 25.0 Å². The van der Waals surface area contributed by atoms with Crippen LogP contribution >= 0.6 is 0 Å². The molecule has 0 atom stereocenters. The predicted octanol–water partition coefficient (Wildman–Crippen LogP) is 3.46. The molecule has 1 aromatic heterocycles. The lowest BCUT2D eigenvalue weighted by atomic mass is 9.77. The maximum absolute atomic E-state index is 13.1. The minimum Gasteiger partial charge on any atom is -0.320 e. The third-order valence-electron chi connectivity index (χ3n) is 3.46. The van der Waals surface area contributed by atoms with Gasteiger partial charge in [-0.25, -0.2) is 8.78 Å². The monoisotopic (exact) mass is 280 g/mol. The third-order valence-corrected chi connectivity index (χ3v) is 3.46. The normalized spacial score (nSPS) is 22.2. The number of nitrogens with zero attached hydrogens (tertiary/aromatic N) is 1. The maximum atomic E-state index is 13.1. The van der Waals surface area contributed by atoms with Gasteiger partial charge in [0.1, 0.15) is 0 Å². The standard InChI is InChI=1S/C12H13F5N2/c13-11(14)5-3-10(18,4-6-11)9-8(12(15,16)17)2-1-7-19-9/h1-2,7H,3-6,18H2. The second kappa shape index (κ2) is 4.40. The molecule has 1 aliphatic carbocycles. The predicted molar refractivity (Wildman–Crippen MR) is 58.5 cm³/mol. The second-order valence-corrected chi connectivity index (χ2v) is 4.91. The van der Waals surface area contributed by atoms with Crippen LogP contribution in [-0.4, -0.2) is 10.9 Å². The molecule has 2 N–H and O–H groups in total. The van der Waals surface area contributed by atoms with Crippen molar-refractivity contribution in [2.24, 2.45) is 5.73 Å². The first kappa shape index (κ1) is 14.2. The Morgan fingerprint density at radius 2 is 1.68 bits per heavy atom. The summed E-state index contributed by atoms with van der Waals surface area (Å²) in [6.07, 6.45) is -4.84.